The van der Waals surface area contributed by atoms with Crippen LogP contribution in [0.2, 0.25) is 5.02 Å². The molecule has 0 unspecified atom stereocenters. The van der Waals surface area contributed by atoms with Crippen LogP contribution in [0.3, 0.4) is 0 Å². The van der Waals surface area contributed by atoms with Crippen molar-refractivity contribution in [3.63, 3.8) is 0 Å². The number of aromatic nitrogens is 3. The molecule has 0 bridgehead atoms. The van der Waals surface area contributed by atoms with Crippen molar-refractivity contribution in [2.75, 3.05) is 36.0 Å². The number of aryl methyl sites for hydroxylation is 1. The first kappa shape index (κ1) is 15.6. The Labute approximate surface area is 149 Å². The summed E-state index contributed by atoms with van der Waals surface area (Å²) in [6.45, 7) is 5.77. The maximum atomic E-state index is 6.28. The molecule has 1 fully saturated rings. The number of halogens is 1. The van der Waals surface area contributed by atoms with Crippen molar-refractivity contribution in [2.45, 2.75) is 13.3 Å². The van der Waals surface area contributed by atoms with Gasteiger partial charge < -0.3 is 9.80 Å². The van der Waals surface area contributed by atoms with Crippen LogP contribution in [0.1, 0.15) is 12.7 Å². The lowest BCUT2D eigenvalue weighted by Gasteiger charge is -2.37. The van der Waals surface area contributed by atoms with Crippen molar-refractivity contribution in [2.24, 2.45) is 0 Å². The van der Waals surface area contributed by atoms with E-state index in [1.807, 2.05) is 6.07 Å². The highest BCUT2D eigenvalue weighted by Gasteiger charge is 2.22. The number of piperazine rings is 1. The lowest BCUT2D eigenvalue weighted by molar-refractivity contribution is 0.647. The van der Waals surface area contributed by atoms with E-state index in [4.69, 9.17) is 16.6 Å². The molecule has 0 radical (unpaired) electrons. The number of fused-ring (bicyclic) bond motifs is 1. The number of anilines is 2. The molecule has 0 aliphatic carbocycles. The second-order valence-electron chi connectivity index (χ2n) is 5.76. The second kappa shape index (κ2) is 6.53. The molecule has 0 aromatic carbocycles. The SMILES string of the molecule is CCc1nc(N2CCN(c3ccncc3Cl)CC2)c2ccsc2n1. The van der Waals surface area contributed by atoms with Gasteiger partial charge in [-0.1, -0.05) is 18.5 Å². The van der Waals surface area contributed by atoms with Gasteiger partial charge in [0, 0.05) is 45.0 Å². The number of hydrogen-bond donors (Lipinski definition) is 0. The first-order chi connectivity index (χ1) is 11.8. The summed E-state index contributed by atoms with van der Waals surface area (Å²) in [5.41, 5.74) is 1.06. The van der Waals surface area contributed by atoms with E-state index in [2.05, 4.69) is 38.1 Å². The Morgan fingerprint density at radius 3 is 2.67 bits per heavy atom. The Morgan fingerprint density at radius 2 is 1.92 bits per heavy atom. The maximum Gasteiger partial charge on any atom is 0.141 e. The molecule has 1 aliphatic rings. The Hall–Kier alpha value is -1.92. The van der Waals surface area contributed by atoms with Crippen LogP contribution < -0.4 is 9.80 Å². The fourth-order valence-corrected chi connectivity index (χ4v) is 4.08. The third-order valence-corrected chi connectivity index (χ3v) is 5.44. The first-order valence-electron chi connectivity index (χ1n) is 8.10. The summed E-state index contributed by atoms with van der Waals surface area (Å²) in [5.74, 6) is 1.98. The van der Waals surface area contributed by atoms with E-state index in [1.54, 1.807) is 23.7 Å². The monoisotopic (exact) mass is 359 g/mol. The topological polar surface area (TPSA) is 45.2 Å². The number of pyridine rings is 1. The summed E-state index contributed by atoms with van der Waals surface area (Å²) < 4.78 is 0. The minimum Gasteiger partial charge on any atom is -0.367 e. The predicted octanol–water partition coefficient (Wildman–Crippen LogP) is 3.63. The van der Waals surface area contributed by atoms with Crippen molar-refractivity contribution in [1.82, 2.24) is 15.0 Å². The molecule has 1 aliphatic heterocycles. The Bertz CT molecular complexity index is 857. The molecule has 5 nitrogen and oxygen atoms in total. The quantitative estimate of drug-likeness (QED) is 0.714. The lowest BCUT2D eigenvalue weighted by Crippen LogP contribution is -2.47. The van der Waals surface area contributed by atoms with Crippen LogP contribution in [-0.4, -0.2) is 41.1 Å². The molecule has 0 saturated carbocycles. The maximum absolute atomic E-state index is 6.28. The van der Waals surface area contributed by atoms with Gasteiger partial charge in [-0.3, -0.25) is 4.98 Å². The Balaban J connectivity index is 1.58. The highest BCUT2D eigenvalue weighted by molar-refractivity contribution is 7.16. The van der Waals surface area contributed by atoms with Gasteiger partial charge in [-0.15, -0.1) is 11.3 Å². The normalized spacial score (nSPS) is 15.2. The third-order valence-electron chi connectivity index (χ3n) is 4.34. The number of rotatable bonds is 3. The fourth-order valence-electron chi connectivity index (χ4n) is 3.07. The second-order valence-corrected chi connectivity index (χ2v) is 7.06. The standard InChI is InChI=1S/C17H18ClN5S/c1-2-15-20-16(12-4-10-24-17(12)21-15)23-8-6-22(7-9-23)14-3-5-19-11-13(14)18/h3-5,10-11H,2,6-9H2,1H3. The predicted molar refractivity (Wildman–Crippen MR) is 100 cm³/mol. The van der Waals surface area contributed by atoms with Gasteiger partial charge in [-0.2, -0.15) is 0 Å². The summed E-state index contributed by atoms with van der Waals surface area (Å²) in [5, 5.41) is 3.96. The molecule has 0 N–H and O–H groups in total. The molecule has 0 atom stereocenters. The van der Waals surface area contributed by atoms with Crippen LogP contribution in [0.15, 0.2) is 29.9 Å². The van der Waals surface area contributed by atoms with Crippen molar-refractivity contribution >= 4 is 44.7 Å². The van der Waals surface area contributed by atoms with Gasteiger partial charge in [-0.25, -0.2) is 9.97 Å². The van der Waals surface area contributed by atoms with Gasteiger partial charge in [-0.05, 0) is 17.5 Å². The number of nitrogens with zero attached hydrogens (tertiary/aromatic N) is 5. The van der Waals surface area contributed by atoms with E-state index >= 15 is 0 Å². The largest absolute Gasteiger partial charge is 0.367 e. The zero-order chi connectivity index (χ0) is 16.5. The average Bonchev–Trinajstić information content (AvgIpc) is 3.10. The van der Waals surface area contributed by atoms with Crippen molar-refractivity contribution in [3.8, 4) is 0 Å². The summed E-state index contributed by atoms with van der Waals surface area (Å²) in [4.78, 5) is 19.2. The molecule has 0 spiro atoms. The van der Waals surface area contributed by atoms with Crippen LogP contribution in [-0.2, 0) is 6.42 Å². The first-order valence-corrected chi connectivity index (χ1v) is 9.35. The molecule has 124 valence electrons. The summed E-state index contributed by atoms with van der Waals surface area (Å²) >= 11 is 7.96. The summed E-state index contributed by atoms with van der Waals surface area (Å²) in [6.07, 6.45) is 4.35. The van der Waals surface area contributed by atoms with E-state index in [1.165, 1.54) is 0 Å². The molecule has 4 heterocycles. The molecule has 3 aromatic rings. The molecular formula is C17H18ClN5S. The summed E-state index contributed by atoms with van der Waals surface area (Å²) in [6, 6.07) is 4.11. The van der Waals surface area contributed by atoms with Gasteiger partial charge in [0.15, 0.2) is 0 Å². The fraction of sp³-hybridized carbons (Fsp3) is 0.353. The van der Waals surface area contributed by atoms with Crippen molar-refractivity contribution < 1.29 is 0 Å². The van der Waals surface area contributed by atoms with Gasteiger partial charge in [0.1, 0.15) is 16.5 Å². The zero-order valence-electron chi connectivity index (χ0n) is 13.4. The highest BCUT2D eigenvalue weighted by Crippen LogP contribution is 2.30. The summed E-state index contributed by atoms with van der Waals surface area (Å²) in [7, 11) is 0. The Morgan fingerprint density at radius 1 is 1.12 bits per heavy atom. The smallest absolute Gasteiger partial charge is 0.141 e. The van der Waals surface area contributed by atoms with Gasteiger partial charge in [0.25, 0.3) is 0 Å². The molecule has 7 heteroatoms. The average molecular weight is 360 g/mol. The van der Waals surface area contributed by atoms with E-state index in [9.17, 15) is 0 Å². The minimum atomic E-state index is 0.710. The molecule has 1 saturated heterocycles. The van der Waals surface area contributed by atoms with E-state index in [0.717, 1.165) is 60.1 Å². The van der Waals surface area contributed by atoms with E-state index < -0.39 is 0 Å². The van der Waals surface area contributed by atoms with Gasteiger partial charge in [0.2, 0.25) is 0 Å². The van der Waals surface area contributed by atoms with Crippen molar-refractivity contribution in [3.05, 3.63) is 40.8 Å². The van der Waals surface area contributed by atoms with Gasteiger partial charge >= 0.3 is 0 Å². The van der Waals surface area contributed by atoms with Gasteiger partial charge in [0.05, 0.1) is 16.1 Å². The molecule has 4 rings (SSSR count). The third kappa shape index (κ3) is 2.80. The number of thiophene rings is 1. The molecular weight excluding hydrogens is 342 g/mol. The molecule has 0 amide bonds. The molecule has 3 aromatic heterocycles. The molecule has 24 heavy (non-hydrogen) atoms. The zero-order valence-corrected chi connectivity index (χ0v) is 15.0. The van der Waals surface area contributed by atoms with Crippen LogP contribution >= 0.6 is 22.9 Å². The van der Waals surface area contributed by atoms with E-state index in [-0.39, 0.29) is 0 Å². The lowest BCUT2D eigenvalue weighted by atomic mass is 10.2. The van der Waals surface area contributed by atoms with Crippen molar-refractivity contribution in [1.29, 1.82) is 0 Å². The van der Waals surface area contributed by atoms with E-state index in [0.29, 0.717) is 5.02 Å². The van der Waals surface area contributed by atoms with Crippen LogP contribution in [0, 0.1) is 0 Å². The minimum absolute atomic E-state index is 0.710. The van der Waals surface area contributed by atoms with Crippen LogP contribution in [0.25, 0.3) is 10.2 Å². The highest BCUT2D eigenvalue weighted by atomic mass is 35.5. The van der Waals surface area contributed by atoms with Crippen LogP contribution in [0.5, 0.6) is 0 Å². The number of hydrogen-bond acceptors (Lipinski definition) is 6. The van der Waals surface area contributed by atoms with Crippen LogP contribution in [0.4, 0.5) is 11.5 Å². The Kier molecular flexibility index (Phi) is 4.24.